The van der Waals surface area contributed by atoms with Crippen molar-refractivity contribution in [3.63, 3.8) is 0 Å². The largest absolute Gasteiger partial charge is 0.477 e. The number of carbonyl (C=O) groups is 3. The van der Waals surface area contributed by atoms with E-state index in [1.54, 1.807) is 30.3 Å². The molecule has 2 aromatic carbocycles. The van der Waals surface area contributed by atoms with Gasteiger partial charge in [-0.2, -0.15) is 0 Å². The van der Waals surface area contributed by atoms with Crippen LogP contribution in [0.5, 0.6) is 0 Å². The number of nitrogens with two attached hydrogens (primary N) is 1. The number of amides is 2. The Balaban J connectivity index is 1.55. The summed E-state index contributed by atoms with van der Waals surface area (Å²) in [5.74, 6) is -1.88. The number of anilines is 1. The molecule has 46 heavy (non-hydrogen) atoms. The van der Waals surface area contributed by atoms with Gasteiger partial charge in [-0.3, -0.25) is 14.9 Å². The van der Waals surface area contributed by atoms with Crippen molar-refractivity contribution in [2.45, 2.75) is 19.6 Å². The number of carbonyl (C=O) groups excluding carboxylic acids is 2. The molecule has 1 aliphatic heterocycles. The molecule has 0 saturated heterocycles. The van der Waals surface area contributed by atoms with E-state index in [0.717, 1.165) is 45.0 Å². The van der Waals surface area contributed by atoms with Gasteiger partial charge in [0.15, 0.2) is 10.8 Å². The zero-order chi connectivity index (χ0) is 33.5. The average molecular weight is 671 g/mol. The molecule has 1 aromatic heterocycles. The Morgan fingerprint density at radius 3 is 2.30 bits per heavy atom. The van der Waals surface area contributed by atoms with E-state index < -0.39 is 20.0 Å². The Kier molecular flexibility index (Phi) is 8.98. The van der Waals surface area contributed by atoms with E-state index in [1.807, 2.05) is 28.2 Å². The molecule has 1 aliphatic carbocycles. The maximum atomic E-state index is 13.4. The Bertz CT molecular complexity index is 1930. The monoisotopic (exact) mass is 670 g/mol. The number of benzene rings is 2. The number of thiophene rings is 1. The topological polar surface area (TPSA) is 128 Å². The molecule has 0 fully saturated rings. The first-order chi connectivity index (χ1) is 21.7. The summed E-state index contributed by atoms with van der Waals surface area (Å²) in [7, 11) is 5.82. The van der Waals surface area contributed by atoms with Crippen LogP contribution in [0, 0.1) is 0 Å². The van der Waals surface area contributed by atoms with E-state index >= 15 is 0 Å². The number of nitrogens with zero attached hydrogens (tertiary/aromatic N) is 2. The highest BCUT2D eigenvalue weighted by atomic mass is 32.1. The van der Waals surface area contributed by atoms with Crippen LogP contribution >= 0.6 is 23.6 Å². The van der Waals surface area contributed by atoms with Crippen molar-refractivity contribution in [2.24, 2.45) is 5.73 Å². The molecule has 3 aromatic rings. The molecule has 12 heteroatoms. The van der Waals surface area contributed by atoms with Crippen LogP contribution < -0.4 is 26.5 Å². The second-order valence-electron chi connectivity index (χ2n) is 12.1. The smallest absolute Gasteiger partial charge is 0.346 e. The summed E-state index contributed by atoms with van der Waals surface area (Å²) in [4.78, 5) is 40.7. The SMILES string of the molecule is CN(C)c1ccc2c(c1)[Si](C)(C)C1=CC(=[N+](C)C)C=CC1=C2c1cc(C(=O)NCc2ccc(C(=O)NC(N)=S)cc2)sc1C(=O)O. The van der Waals surface area contributed by atoms with Crippen molar-refractivity contribution in [2.75, 3.05) is 33.1 Å². The molecule has 2 amide bonds. The second kappa shape index (κ2) is 12.6. The quantitative estimate of drug-likeness (QED) is 0.171. The summed E-state index contributed by atoms with van der Waals surface area (Å²) in [6.07, 6.45) is 6.38. The van der Waals surface area contributed by atoms with Gasteiger partial charge >= 0.3 is 5.97 Å². The van der Waals surface area contributed by atoms with Crippen molar-refractivity contribution in [3.8, 4) is 0 Å². The zero-order valence-electron chi connectivity index (χ0n) is 26.5. The van der Waals surface area contributed by atoms with Crippen LogP contribution in [0.3, 0.4) is 0 Å². The van der Waals surface area contributed by atoms with E-state index in [4.69, 9.17) is 18.0 Å². The lowest BCUT2D eigenvalue weighted by Crippen LogP contribution is -2.49. The molecule has 2 aliphatic rings. The fourth-order valence-electron chi connectivity index (χ4n) is 5.75. The average Bonchev–Trinajstić information content (AvgIpc) is 3.45. The van der Waals surface area contributed by atoms with Gasteiger partial charge in [0.05, 0.1) is 4.88 Å². The number of allylic oxidation sites excluding steroid dienone is 5. The molecule has 0 saturated carbocycles. The summed E-state index contributed by atoms with van der Waals surface area (Å²) in [6, 6.07) is 14.7. The third-order valence-corrected chi connectivity index (χ3v) is 13.0. The maximum Gasteiger partial charge on any atom is 0.346 e. The normalized spacial score (nSPS) is 14.6. The molecule has 5 N–H and O–H groups in total. The van der Waals surface area contributed by atoms with Crippen molar-refractivity contribution in [3.05, 3.63) is 110 Å². The minimum absolute atomic E-state index is 0.111. The van der Waals surface area contributed by atoms with Gasteiger partial charge in [-0.15, -0.1) is 11.3 Å². The molecule has 0 atom stereocenters. The highest BCUT2D eigenvalue weighted by Gasteiger charge is 2.41. The fraction of sp³-hybridized carbons (Fsp3) is 0.206. The van der Waals surface area contributed by atoms with Crippen LogP contribution in [0.15, 0.2) is 77.5 Å². The lowest BCUT2D eigenvalue weighted by atomic mass is 9.89. The van der Waals surface area contributed by atoms with Crippen molar-refractivity contribution >= 4 is 76.7 Å². The van der Waals surface area contributed by atoms with Crippen LogP contribution in [0.25, 0.3) is 5.57 Å². The zero-order valence-corrected chi connectivity index (χ0v) is 29.2. The number of fused-ring (bicyclic) bond motifs is 2. The molecule has 0 spiro atoms. The van der Waals surface area contributed by atoms with Crippen LogP contribution in [-0.2, 0) is 6.54 Å². The predicted octanol–water partition coefficient (Wildman–Crippen LogP) is 3.90. The van der Waals surface area contributed by atoms with E-state index in [2.05, 4.69) is 69.6 Å². The lowest BCUT2D eigenvalue weighted by Gasteiger charge is -2.38. The third kappa shape index (κ3) is 6.23. The first-order valence-electron chi connectivity index (χ1n) is 14.6. The number of hydrogen-bond acceptors (Lipinski definition) is 6. The number of thiocarbonyl (C=S) groups is 1. The molecular weight excluding hydrogens is 635 g/mol. The standard InChI is InChI=1S/C34H35N5O4S2Si/c1-38(2)21-11-13-23-27(15-21)46(5,6)28-16-22(39(3)4)12-14-24(28)29(23)25-17-26(45-30(25)33(42)43)32(41)36-18-19-7-9-20(10-8-19)31(40)37-34(35)44/h7-17H,18H2,1-6H3,(H4-,35,36,37,40,41,42,43,44)/p+1. The summed E-state index contributed by atoms with van der Waals surface area (Å²) >= 11 is 5.69. The number of carboxylic acid groups (broad SMARTS) is 1. The van der Waals surface area contributed by atoms with Crippen LogP contribution in [0.2, 0.25) is 13.1 Å². The van der Waals surface area contributed by atoms with Crippen molar-refractivity contribution < 1.29 is 24.1 Å². The van der Waals surface area contributed by atoms with E-state index in [-0.39, 0.29) is 22.4 Å². The van der Waals surface area contributed by atoms with Crippen LogP contribution in [0.1, 0.15) is 46.4 Å². The molecular formula is C34H36N5O4S2Si+. The van der Waals surface area contributed by atoms with Gasteiger partial charge in [0.25, 0.3) is 11.8 Å². The van der Waals surface area contributed by atoms with Gasteiger partial charge < -0.3 is 21.1 Å². The molecule has 0 radical (unpaired) electrons. The summed E-state index contributed by atoms with van der Waals surface area (Å²) < 4.78 is 2.07. The molecule has 5 rings (SSSR count). The van der Waals surface area contributed by atoms with Gasteiger partial charge in [-0.1, -0.05) is 31.3 Å². The Labute approximate surface area is 278 Å². The lowest BCUT2D eigenvalue weighted by molar-refractivity contribution is -0.462. The Hall–Kier alpha value is -4.65. The summed E-state index contributed by atoms with van der Waals surface area (Å²) in [6.45, 7) is 4.85. The maximum absolute atomic E-state index is 13.4. The van der Waals surface area contributed by atoms with Gasteiger partial charge in [-0.05, 0) is 81.3 Å². The number of nitrogens with one attached hydrogen (secondary N) is 2. The molecule has 0 unspecified atom stereocenters. The van der Waals surface area contributed by atoms with Crippen molar-refractivity contribution in [1.82, 2.24) is 10.6 Å². The fourth-order valence-corrected chi connectivity index (χ4v) is 9.83. The molecule has 9 nitrogen and oxygen atoms in total. The summed E-state index contributed by atoms with van der Waals surface area (Å²) in [5.41, 5.74) is 12.0. The number of rotatable bonds is 7. The van der Waals surface area contributed by atoms with E-state index in [1.165, 1.54) is 10.4 Å². The van der Waals surface area contributed by atoms with Crippen LogP contribution in [0.4, 0.5) is 5.69 Å². The first-order valence-corrected chi connectivity index (χ1v) is 18.8. The molecule has 236 valence electrons. The number of hydrogen-bond donors (Lipinski definition) is 4. The van der Waals surface area contributed by atoms with Gasteiger partial charge in [0.1, 0.15) is 27.0 Å². The second-order valence-corrected chi connectivity index (χ2v) is 17.9. The Morgan fingerprint density at radius 2 is 1.70 bits per heavy atom. The van der Waals surface area contributed by atoms with Gasteiger partial charge in [0.2, 0.25) is 0 Å². The molecule has 0 bridgehead atoms. The van der Waals surface area contributed by atoms with Crippen LogP contribution in [-0.4, -0.2) is 74.6 Å². The minimum atomic E-state index is -2.23. The number of aromatic carboxylic acids is 1. The van der Waals surface area contributed by atoms with Gasteiger partial charge in [-0.25, -0.2) is 9.37 Å². The third-order valence-electron chi connectivity index (χ3n) is 8.25. The van der Waals surface area contributed by atoms with Crippen molar-refractivity contribution in [1.29, 1.82) is 0 Å². The Morgan fingerprint density at radius 1 is 1.00 bits per heavy atom. The van der Waals surface area contributed by atoms with Gasteiger partial charge in [0, 0.05) is 49.6 Å². The van der Waals surface area contributed by atoms with E-state index in [0.29, 0.717) is 16.0 Å². The summed E-state index contributed by atoms with van der Waals surface area (Å²) in [5, 5.41) is 18.0. The first kappa shape index (κ1) is 32.7. The highest BCUT2D eigenvalue weighted by molar-refractivity contribution is 7.80. The van der Waals surface area contributed by atoms with E-state index in [9.17, 15) is 19.5 Å². The highest BCUT2D eigenvalue weighted by Crippen LogP contribution is 2.44. The molecule has 2 heterocycles. The predicted molar refractivity (Wildman–Crippen MR) is 191 cm³/mol. The number of carboxylic acids is 1. The minimum Gasteiger partial charge on any atom is -0.477 e.